The highest BCUT2D eigenvalue weighted by atomic mass is 16.5. The summed E-state index contributed by atoms with van der Waals surface area (Å²) in [6, 6.07) is 14.7. The molecule has 0 spiro atoms. The Hall–Kier alpha value is -3.05. The molecule has 0 saturated carbocycles. The van der Waals surface area contributed by atoms with Gasteiger partial charge in [0.25, 0.3) is 0 Å². The molecule has 1 N–H and O–H groups in total. The van der Waals surface area contributed by atoms with Crippen LogP contribution in [0.25, 0.3) is 28.1 Å². The number of benzene rings is 2. The molecule has 1 aliphatic rings. The summed E-state index contributed by atoms with van der Waals surface area (Å²) in [4.78, 5) is 11.6. The molecule has 28 heavy (non-hydrogen) atoms. The summed E-state index contributed by atoms with van der Waals surface area (Å²) in [7, 11) is 3.01. The first kappa shape index (κ1) is 18.3. The van der Waals surface area contributed by atoms with E-state index >= 15 is 0 Å². The Balaban J connectivity index is 1.81. The Morgan fingerprint density at radius 2 is 2.00 bits per heavy atom. The van der Waals surface area contributed by atoms with E-state index in [-0.39, 0.29) is 5.97 Å². The number of aromatic nitrogens is 1. The van der Waals surface area contributed by atoms with E-state index in [1.807, 2.05) is 18.2 Å². The second-order valence-electron chi connectivity index (χ2n) is 6.87. The molecule has 0 saturated heterocycles. The minimum absolute atomic E-state index is 0.381. The smallest absolute Gasteiger partial charge is 0.330 e. The molecule has 0 aliphatic carbocycles. The van der Waals surface area contributed by atoms with E-state index in [1.165, 1.54) is 29.8 Å². The van der Waals surface area contributed by atoms with Gasteiger partial charge in [-0.1, -0.05) is 18.2 Å². The Labute approximate surface area is 164 Å². The normalized spacial score (nSPS) is 14.1. The van der Waals surface area contributed by atoms with Gasteiger partial charge in [0.2, 0.25) is 0 Å². The van der Waals surface area contributed by atoms with Crippen LogP contribution in [0.15, 0.2) is 48.5 Å². The largest absolute Gasteiger partial charge is 0.497 e. The van der Waals surface area contributed by atoms with Gasteiger partial charge in [-0.15, -0.1) is 0 Å². The monoisotopic (exact) mass is 376 g/mol. The summed E-state index contributed by atoms with van der Waals surface area (Å²) < 4.78 is 12.5. The van der Waals surface area contributed by atoms with E-state index in [0.717, 1.165) is 48.5 Å². The number of ether oxygens (including phenoxy) is 2. The lowest BCUT2D eigenvalue weighted by Gasteiger charge is -2.11. The molecule has 1 aromatic heterocycles. The molecular formula is C23H24N2O3. The molecule has 0 radical (unpaired) electrons. The van der Waals surface area contributed by atoms with E-state index in [1.54, 1.807) is 13.2 Å². The van der Waals surface area contributed by atoms with Crippen molar-refractivity contribution >= 4 is 22.9 Å². The van der Waals surface area contributed by atoms with Crippen molar-refractivity contribution in [2.24, 2.45) is 0 Å². The Morgan fingerprint density at radius 3 is 2.82 bits per heavy atom. The van der Waals surface area contributed by atoms with E-state index in [4.69, 9.17) is 9.47 Å². The van der Waals surface area contributed by atoms with Gasteiger partial charge in [0.15, 0.2) is 0 Å². The lowest BCUT2D eigenvalue weighted by Crippen LogP contribution is -2.17. The summed E-state index contributed by atoms with van der Waals surface area (Å²) in [5.74, 6) is 0.366. The summed E-state index contributed by atoms with van der Waals surface area (Å²) in [5, 5.41) is 4.72. The number of hydrogen-bond acceptors (Lipinski definition) is 4. The standard InChI is InChI=1S/C23H24N2O3/c1-27-20-6-7-21(16(14-20)5-8-23(26)28-2)17-3-4-18-13-19-9-10-24-11-12-25(19)22(18)15-17/h3-8,13-15,24H,9-12H2,1-2H3. The van der Waals surface area contributed by atoms with Crippen LogP contribution < -0.4 is 10.1 Å². The lowest BCUT2D eigenvalue weighted by atomic mass is 9.98. The van der Waals surface area contributed by atoms with Crippen LogP contribution in [0.2, 0.25) is 0 Å². The number of carbonyl (C=O) groups excluding carboxylic acids is 1. The van der Waals surface area contributed by atoms with E-state index < -0.39 is 0 Å². The van der Waals surface area contributed by atoms with Gasteiger partial charge < -0.3 is 19.4 Å². The fourth-order valence-corrected chi connectivity index (χ4v) is 3.78. The Morgan fingerprint density at radius 1 is 1.11 bits per heavy atom. The van der Waals surface area contributed by atoms with Crippen molar-refractivity contribution in [1.29, 1.82) is 0 Å². The van der Waals surface area contributed by atoms with E-state index in [9.17, 15) is 4.79 Å². The third-order valence-corrected chi connectivity index (χ3v) is 5.23. The van der Waals surface area contributed by atoms with Crippen molar-refractivity contribution in [3.63, 3.8) is 0 Å². The van der Waals surface area contributed by atoms with Crippen LogP contribution in [0.4, 0.5) is 0 Å². The lowest BCUT2D eigenvalue weighted by molar-refractivity contribution is -0.134. The highest BCUT2D eigenvalue weighted by Crippen LogP contribution is 2.32. The fourth-order valence-electron chi connectivity index (χ4n) is 3.78. The predicted molar refractivity (Wildman–Crippen MR) is 112 cm³/mol. The van der Waals surface area contributed by atoms with Crippen molar-refractivity contribution < 1.29 is 14.3 Å². The maximum Gasteiger partial charge on any atom is 0.330 e. The average molecular weight is 376 g/mol. The highest BCUT2D eigenvalue weighted by Gasteiger charge is 2.13. The average Bonchev–Trinajstić information content (AvgIpc) is 2.91. The van der Waals surface area contributed by atoms with Crippen molar-refractivity contribution in [1.82, 2.24) is 9.88 Å². The van der Waals surface area contributed by atoms with Crippen molar-refractivity contribution in [2.75, 3.05) is 27.3 Å². The van der Waals surface area contributed by atoms with Gasteiger partial charge >= 0.3 is 5.97 Å². The zero-order valence-electron chi connectivity index (χ0n) is 16.2. The fraction of sp³-hybridized carbons (Fsp3) is 0.261. The van der Waals surface area contributed by atoms with Gasteiger partial charge in [-0.3, -0.25) is 0 Å². The maximum atomic E-state index is 11.6. The molecule has 4 rings (SSSR count). The Bertz CT molecular complexity index is 1050. The first-order valence-corrected chi connectivity index (χ1v) is 9.47. The van der Waals surface area contributed by atoms with Crippen molar-refractivity contribution in [2.45, 2.75) is 13.0 Å². The number of methoxy groups -OCH3 is 2. The molecule has 0 fully saturated rings. The minimum atomic E-state index is -0.381. The van der Waals surface area contributed by atoms with E-state index in [0.29, 0.717) is 0 Å². The van der Waals surface area contributed by atoms with Crippen molar-refractivity contribution in [3.05, 3.63) is 59.8 Å². The topological polar surface area (TPSA) is 52.5 Å². The molecule has 2 aromatic carbocycles. The van der Waals surface area contributed by atoms with E-state index in [2.05, 4.69) is 34.1 Å². The SMILES string of the molecule is COC(=O)C=Cc1cc(OC)ccc1-c1ccc2cc3n(c2c1)CCNCC3. The summed E-state index contributed by atoms with van der Waals surface area (Å²) >= 11 is 0. The van der Waals surface area contributed by atoms with Crippen LogP contribution >= 0.6 is 0 Å². The van der Waals surface area contributed by atoms with Crippen LogP contribution in [0.1, 0.15) is 11.3 Å². The summed E-state index contributed by atoms with van der Waals surface area (Å²) in [6.45, 7) is 2.97. The molecule has 5 nitrogen and oxygen atoms in total. The second kappa shape index (κ2) is 7.90. The van der Waals surface area contributed by atoms with Crippen LogP contribution in [-0.4, -0.2) is 37.8 Å². The third-order valence-electron chi connectivity index (χ3n) is 5.23. The molecule has 1 aliphatic heterocycles. The summed E-state index contributed by atoms with van der Waals surface area (Å²) in [5.41, 5.74) is 5.68. The molecule has 0 atom stereocenters. The molecule has 2 heterocycles. The predicted octanol–water partition coefficient (Wildman–Crippen LogP) is 3.65. The Kier molecular flexibility index (Phi) is 5.17. The molecule has 0 unspecified atom stereocenters. The van der Waals surface area contributed by atoms with Gasteiger partial charge in [-0.25, -0.2) is 4.79 Å². The third kappa shape index (κ3) is 3.53. The van der Waals surface area contributed by atoms with Crippen LogP contribution in [0, 0.1) is 0 Å². The van der Waals surface area contributed by atoms with Gasteiger partial charge in [0.05, 0.1) is 14.2 Å². The number of esters is 1. The highest BCUT2D eigenvalue weighted by molar-refractivity contribution is 5.91. The van der Waals surface area contributed by atoms with Crippen LogP contribution in [-0.2, 0) is 22.5 Å². The quantitative estimate of drug-likeness (QED) is 0.558. The molecule has 144 valence electrons. The first-order chi connectivity index (χ1) is 13.7. The zero-order valence-corrected chi connectivity index (χ0v) is 16.2. The molecule has 0 bridgehead atoms. The number of nitrogens with zero attached hydrogens (tertiary/aromatic N) is 1. The molecule has 0 amide bonds. The molecular weight excluding hydrogens is 352 g/mol. The number of rotatable bonds is 4. The van der Waals surface area contributed by atoms with Gasteiger partial charge in [-0.2, -0.15) is 0 Å². The number of nitrogens with one attached hydrogen (secondary N) is 1. The van der Waals surface area contributed by atoms with Gasteiger partial charge in [0, 0.05) is 43.3 Å². The van der Waals surface area contributed by atoms with Crippen LogP contribution in [0.3, 0.4) is 0 Å². The number of fused-ring (bicyclic) bond motifs is 3. The summed E-state index contributed by atoms with van der Waals surface area (Å²) in [6.07, 6.45) is 4.25. The van der Waals surface area contributed by atoms with Gasteiger partial charge in [-0.05, 0) is 52.4 Å². The zero-order chi connectivity index (χ0) is 19.5. The molecule has 5 heteroatoms. The van der Waals surface area contributed by atoms with Crippen LogP contribution in [0.5, 0.6) is 5.75 Å². The van der Waals surface area contributed by atoms with Crippen molar-refractivity contribution in [3.8, 4) is 16.9 Å². The first-order valence-electron chi connectivity index (χ1n) is 9.47. The maximum absolute atomic E-state index is 11.6. The number of hydrogen-bond donors (Lipinski definition) is 1. The minimum Gasteiger partial charge on any atom is -0.497 e. The van der Waals surface area contributed by atoms with Gasteiger partial charge in [0.1, 0.15) is 5.75 Å². The number of carbonyl (C=O) groups is 1. The molecule has 3 aromatic rings. The second-order valence-corrected chi connectivity index (χ2v) is 6.87.